The largest absolute Gasteiger partial charge is 0.373 e. The maximum Gasteiger partial charge on any atom is 0.137 e. The van der Waals surface area contributed by atoms with Crippen molar-refractivity contribution < 1.29 is 0 Å². The van der Waals surface area contributed by atoms with E-state index in [9.17, 15) is 0 Å². The van der Waals surface area contributed by atoms with E-state index in [1.54, 1.807) is 11.3 Å². The van der Waals surface area contributed by atoms with Crippen LogP contribution in [0.1, 0.15) is 29.6 Å². The number of thiophene rings is 1. The summed E-state index contributed by atoms with van der Waals surface area (Å²) in [4.78, 5) is 12.8. The second-order valence-corrected chi connectivity index (χ2v) is 6.94. The van der Waals surface area contributed by atoms with Crippen molar-refractivity contribution in [2.45, 2.75) is 33.2 Å². The molecular weight excluding hydrogens is 348 g/mol. The summed E-state index contributed by atoms with van der Waals surface area (Å²) in [6.45, 7) is 5.06. The van der Waals surface area contributed by atoms with E-state index in [4.69, 9.17) is 4.98 Å². The van der Waals surface area contributed by atoms with E-state index in [2.05, 4.69) is 63.5 Å². The lowest BCUT2D eigenvalue weighted by molar-refractivity contribution is 0.810. The first kappa shape index (κ1) is 16.2. The Labute approximate surface area is 138 Å². The highest BCUT2D eigenvalue weighted by atomic mass is 79.9. The summed E-state index contributed by atoms with van der Waals surface area (Å²) in [6, 6.07) is 2.16. The molecule has 0 saturated heterocycles. The molecule has 21 heavy (non-hydrogen) atoms. The van der Waals surface area contributed by atoms with Crippen LogP contribution in [0.15, 0.2) is 15.9 Å². The van der Waals surface area contributed by atoms with Crippen molar-refractivity contribution in [2.24, 2.45) is 0 Å². The average Bonchev–Trinajstić information content (AvgIpc) is 2.86. The van der Waals surface area contributed by atoms with Gasteiger partial charge in [0.25, 0.3) is 0 Å². The zero-order valence-electron chi connectivity index (χ0n) is 12.9. The molecule has 0 spiro atoms. The third kappa shape index (κ3) is 3.95. The summed E-state index contributed by atoms with van der Waals surface area (Å²) in [7, 11) is 3.99. The van der Waals surface area contributed by atoms with E-state index in [-0.39, 0.29) is 0 Å². The van der Waals surface area contributed by atoms with Gasteiger partial charge in [-0.3, -0.25) is 0 Å². The summed E-state index contributed by atoms with van der Waals surface area (Å²) >= 11 is 5.26. The average molecular weight is 369 g/mol. The number of hydrogen-bond acceptors (Lipinski definition) is 5. The fourth-order valence-corrected chi connectivity index (χ4v) is 3.75. The zero-order valence-corrected chi connectivity index (χ0v) is 15.3. The molecule has 0 aromatic carbocycles. The van der Waals surface area contributed by atoms with Gasteiger partial charge in [-0.2, -0.15) is 0 Å². The van der Waals surface area contributed by atoms with E-state index in [0.717, 1.165) is 46.9 Å². The summed E-state index contributed by atoms with van der Waals surface area (Å²) in [5.74, 6) is 2.83. The normalized spacial score (nSPS) is 10.7. The van der Waals surface area contributed by atoms with Crippen LogP contribution in [0.25, 0.3) is 0 Å². The highest BCUT2D eigenvalue weighted by molar-refractivity contribution is 9.10. The van der Waals surface area contributed by atoms with Crippen LogP contribution in [-0.4, -0.2) is 24.1 Å². The van der Waals surface area contributed by atoms with Gasteiger partial charge in [-0.25, -0.2) is 9.97 Å². The van der Waals surface area contributed by atoms with Crippen LogP contribution < -0.4 is 10.2 Å². The van der Waals surface area contributed by atoms with Crippen molar-refractivity contribution in [3.63, 3.8) is 0 Å². The standard InChI is InChI=1S/C15H21BrN4S/c1-5-6-13-18-14(17-3)10(2)15(19-13)20(4)8-12-7-11(16)9-21-12/h7,9H,5-6,8H2,1-4H3,(H,17,18,19). The maximum atomic E-state index is 4.74. The number of nitrogens with zero attached hydrogens (tertiary/aromatic N) is 3. The van der Waals surface area contributed by atoms with E-state index in [1.807, 2.05) is 7.05 Å². The minimum atomic E-state index is 0.850. The van der Waals surface area contributed by atoms with Crippen LogP contribution >= 0.6 is 27.3 Å². The van der Waals surface area contributed by atoms with Crippen molar-refractivity contribution in [3.8, 4) is 0 Å². The summed E-state index contributed by atoms with van der Waals surface area (Å²) < 4.78 is 1.14. The lowest BCUT2D eigenvalue weighted by atomic mass is 10.2. The van der Waals surface area contributed by atoms with E-state index in [0.29, 0.717) is 0 Å². The second-order valence-electron chi connectivity index (χ2n) is 5.02. The van der Waals surface area contributed by atoms with Gasteiger partial charge in [-0.05, 0) is 35.3 Å². The molecule has 0 aliphatic heterocycles. The highest BCUT2D eigenvalue weighted by Crippen LogP contribution is 2.26. The summed E-state index contributed by atoms with van der Waals surface area (Å²) in [5.41, 5.74) is 1.09. The molecule has 2 aromatic rings. The molecule has 0 saturated carbocycles. The Hall–Kier alpha value is -1.14. The third-order valence-electron chi connectivity index (χ3n) is 3.25. The van der Waals surface area contributed by atoms with Crippen molar-refractivity contribution in [1.29, 1.82) is 0 Å². The van der Waals surface area contributed by atoms with Crippen LogP contribution in [-0.2, 0) is 13.0 Å². The molecule has 0 fully saturated rings. The van der Waals surface area contributed by atoms with Crippen molar-refractivity contribution in [3.05, 3.63) is 32.2 Å². The molecule has 2 aromatic heterocycles. The smallest absolute Gasteiger partial charge is 0.137 e. The quantitative estimate of drug-likeness (QED) is 0.827. The van der Waals surface area contributed by atoms with Crippen LogP contribution in [0.2, 0.25) is 0 Å². The number of aryl methyl sites for hydroxylation is 1. The van der Waals surface area contributed by atoms with Gasteiger partial charge >= 0.3 is 0 Å². The zero-order chi connectivity index (χ0) is 15.4. The molecule has 114 valence electrons. The van der Waals surface area contributed by atoms with Gasteiger partial charge in [0.05, 0.1) is 6.54 Å². The number of hydrogen-bond donors (Lipinski definition) is 1. The SMILES string of the molecule is CCCc1nc(NC)c(C)c(N(C)Cc2cc(Br)cs2)n1. The van der Waals surface area contributed by atoms with Gasteiger partial charge in [0.1, 0.15) is 17.5 Å². The Kier molecular flexibility index (Phi) is 5.58. The lowest BCUT2D eigenvalue weighted by Gasteiger charge is -2.21. The van der Waals surface area contributed by atoms with E-state index in [1.165, 1.54) is 4.88 Å². The van der Waals surface area contributed by atoms with Crippen LogP contribution in [0.4, 0.5) is 11.6 Å². The monoisotopic (exact) mass is 368 g/mol. The molecular formula is C15H21BrN4S. The Morgan fingerprint density at radius 2 is 2.14 bits per heavy atom. The highest BCUT2D eigenvalue weighted by Gasteiger charge is 2.14. The third-order valence-corrected chi connectivity index (χ3v) is 4.94. The van der Waals surface area contributed by atoms with Gasteiger partial charge in [-0.15, -0.1) is 11.3 Å². The molecule has 6 heteroatoms. The second kappa shape index (κ2) is 7.22. The molecule has 2 rings (SSSR count). The first-order chi connectivity index (χ1) is 10.0. The number of rotatable bonds is 6. The van der Waals surface area contributed by atoms with E-state index >= 15 is 0 Å². The predicted octanol–water partition coefficient (Wildman–Crippen LogP) is 4.24. The van der Waals surface area contributed by atoms with Gasteiger partial charge in [0.2, 0.25) is 0 Å². The van der Waals surface area contributed by atoms with Gasteiger partial charge < -0.3 is 10.2 Å². The minimum Gasteiger partial charge on any atom is -0.373 e. The number of aromatic nitrogens is 2. The Morgan fingerprint density at radius 1 is 1.38 bits per heavy atom. The summed E-state index contributed by atoms with van der Waals surface area (Å²) in [5, 5.41) is 5.28. The fraction of sp³-hybridized carbons (Fsp3) is 0.467. The molecule has 4 nitrogen and oxygen atoms in total. The fourth-order valence-electron chi connectivity index (χ4n) is 2.25. The summed E-state index contributed by atoms with van der Waals surface area (Å²) in [6.07, 6.45) is 1.95. The minimum absolute atomic E-state index is 0.850. The molecule has 0 aliphatic carbocycles. The molecule has 0 radical (unpaired) electrons. The maximum absolute atomic E-state index is 4.74. The van der Waals surface area contributed by atoms with Gasteiger partial charge in [-0.1, -0.05) is 6.92 Å². The Morgan fingerprint density at radius 3 is 2.71 bits per heavy atom. The molecule has 0 aliphatic rings. The van der Waals surface area contributed by atoms with Crippen molar-refractivity contribution in [1.82, 2.24) is 9.97 Å². The topological polar surface area (TPSA) is 41.1 Å². The van der Waals surface area contributed by atoms with Gasteiger partial charge in [0, 0.05) is 40.8 Å². The van der Waals surface area contributed by atoms with Crippen molar-refractivity contribution >= 4 is 38.9 Å². The first-order valence-electron chi connectivity index (χ1n) is 7.04. The number of nitrogens with one attached hydrogen (secondary N) is 1. The van der Waals surface area contributed by atoms with E-state index < -0.39 is 0 Å². The number of halogens is 1. The molecule has 2 heterocycles. The van der Waals surface area contributed by atoms with Crippen molar-refractivity contribution in [2.75, 3.05) is 24.3 Å². The Balaban J connectivity index is 2.29. The van der Waals surface area contributed by atoms with Crippen LogP contribution in [0.5, 0.6) is 0 Å². The number of anilines is 2. The molecule has 0 amide bonds. The molecule has 1 N–H and O–H groups in total. The predicted molar refractivity (Wildman–Crippen MR) is 94.4 cm³/mol. The lowest BCUT2D eigenvalue weighted by Crippen LogP contribution is -2.20. The molecule has 0 bridgehead atoms. The van der Waals surface area contributed by atoms with Crippen LogP contribution in [0, 0.1) is 6.92 Å². The van der Waals surface area contributed by atoms with Gasteiger partial charge in [0.15, 0.2) is 0 Å². The molecule has 0 unspecified atom stereocenters. The van der Waals surface area contributed by atoms with Crippen LogP contribution in [0.3, 0.4) is 0 Å². The Bertz CT molecular complexity index is 612. The first-order valence-corrected chi connectivity index (χ1v) is 8.71. The molecule has 0 atom stereocenters.